The summed E-state index contributed by atoms with van der Waals surface area (Å²) < 4.78 is 5.43. The molecule has 0 spiro atoms. The molecule has 2 heterocycles. The van der Waals surface area contributed by atoms with Crippen molar-refractivity contribution in [3.05, 3.63) is 84.7 Å². The van der Waals surface area contributed by atoms with Crippen molar-refractivity contribution >= 4 is 23.3 Å². The van der Waals surface area contributed by atoms with Gasteiger partial charge in [0.05, 0.1) is 18.5 Å². The molecule has 0 radical (unpaired) electrons. The molecule has 4 rings (SSSR count). The number of para-hydroxylation sites is 3. The van der Waals surface area contributed by atoms with Crippen LogP contribution in [0.5, 0.6) is 5.75 Å². The highest BCUT2D eigenvalue weighted by molar-refractivity contribution is 5.83. The van der Waals surface area contributed by atoms with E-state index in [0.29, 0.717) is 0 Å². The number of ether oxygens (including phenoxy) is 1. The van der Waals surface area contributed by atoms with Gasteiger partial charge < -0.3 is 14.5 Å². The van der Waals surface area contributed by atoms with Crippen molar-refractivity contribution in [2.45, 2.75) is 0 Å². The highest BCUT2D eigenvalue weighted by Gasteiger charge is 2.25. The first kappa shape index (κ1) is 15.3. The predicted octanol–water partition coefficient (Wildman–Crippen LogP) is 4.68. The van der Waals surface area contributed by atoms with Crippen LogP contribution in [0.15, 0.2) is 79.1 Å². The van der Waals surface area contributed by atoms with Gasteiger partial charge in [0.1, 0.15) is 18.2 Å². The van der Waals surface area contributed by atoms with Crippen LogP contribution in [-0.4, -0.2) is 18.8 Å². The molecule has 0 saturated heterocycles. The van der Waals surface area contributed by atoms with E-state index in [1.54, 1.807) is 7.11 Å². The number of rotatable bonds is 4. The standard InChI is InChI=1S/C21H19N3O/c1-25-20-11-5-2-8-17(20)13-15-23-16-24(21-12-6-7-14-22-21)19-10-4-3-9-18(19)23/h2-15H,16H2,1H3/b15-13+. The van der Waals surface area contributed by atoms with Gasteiger partial charge in [0.2, 0.25) is 0 Å². The van der Waals surface area contributed by atoms with Gasteiger partial charge in [0, 0.05) is 18.0 Å². The van der Waals surface area contributed by atoms with Crippen molar-refractivity contribution in [1.82, 2.24) is 4.98 Å². The van der Waals surface area contributed by atoms with Crippen LogP contribution in [0.1, 0.15) is 5.56 Å². The molecule has 0 saturated carbocycles. The molecule has 2 aromatic carbocycles. The van der Waals surface area contributed by atoms with Gasteiger partial charge in [0.25, 0.3) is 0 Å². The minimum atomic E-state index is 0.724. The Hall–Kier alpha value is -3.27. The maximum Gasteiger partial charge on any atom is 0.134 e. The average Bonchev–Trinajstić information content (AvgIpc) is 3.06. The van der Waals surface area contributed by atoms with Gasteiger partial charge in [-0.1, -0.05) is 36.4 Å². The minimum Gasteiger partial charge on any atom is -0.496 e. The van der Waals surface area contributed by atoms with E-state index in [2.05, 4.69) is 51.3 Å². The van der Waals surface area contributed by atoms with Crippen LogP contribution in [0.3, 0.4) is 0 Å². The van der Waals surface area contributed by atoms with Crippen LogP contribution < -0.4 is 14.5 Å². The molecule has 0 fully saturated rings. The van der Waals surface area contributed by atoms with Crippen molar-refractivity contribution in [2.24, 2.45) is 0 Å². The summed E-state index contributed by atoms with van der Waals surface area (Å²) >= 11 is 0. The van der Waals surface area contributed by atoms with E-state index in [1.807, 2.05) is 48.7 Å². The molecular formula is C21H19N3O. The highest BCUT2D eigenvalue weighted by Crippen LogP contribution is 2.39. The van der Waals surface area contributed by atoms with E-state index >= 15 is 0 Å². The third-order valence-corrected chi connectivity index (χ3v) is 4.27. The summed E-state index contributed by atoms with van der Waals surface area (Å²) in [6.45, 7) is 0.724. The van der Waals surface area contributed by atoms with Crippen LogP contribution in [0, 0.1) is 0 Å². The molecule has 0 unspecified atom stereocenters. The van der Waals surface area contributed by atoms with Crippen molar-refractivity contribution in [2.75, 3.05) is 23.6 Å². The highest BCUT2D eigenvalue weighted by atomic mass is 16.5. The van der Waals surface area contributed by atoms with E-state index < -0.39 is 0 Å². The van der Waals surface area contributed by atoms with Crippen molar-refractivity contribution in [1.29, 1.82) is 0 Å². The van der Waals surface area contributed by atoms with Gasteiger partial charge in [-0.25, -0.2) is 4.98 Å². The molecular weight excluding hydrogens is 310 g/mol. The van der Waals surface area contributed by atoms with Gasteiger partial charge >= 0.3 is 0 Å². The van der Waals surface area contributed by atoms with Crippen LogP contribution >= 0.6 is 0 Å². The van der Waals surface area contributed by atoms with Crippen LogP contribution in [0.2, 0.25) is 0 Å². The fraction of sp³-hybridized carbons (Fsp3) is 0.0952. The first-order valence-corrected chi connectivity index (χ1v) is 8.22. The zero-order valence-corrected chi connectivity index (χ0v) is 14.0. The van der Waals surface area contributed by atoms with Crippen LogP contribution in [-0.2, 0) is 0 Å². The number of nitrogens with zero attached hydrogens (tertiary/aromatic N) is 3. The number of fused-ring (bicyclic) bond motifs is 1. The molecule has 0 atom stereocenters. The third kappa shape index (κ3) is 2.94. The van der Waals surface area contributed by atoms with E-state index in [9.17, 15) is 0 Å². The van der Waals surface area contributed by atoms with Gasteiger partial charge in [-0.05, 0) is 36.4 Å². The number of hydrogen-bond acceptors (Lipinski definition) is 4. The summed E-state index contributed by atoms with van der Waals surface area (Å²) in [4.78, 5) is 8.92. The second-order valence-electron chi connectivity index (χ2n) is 5.77. The molecule has 4 heteroatoms. The SMILES string of the molecule is COc1ccccc1/C=C/N1CN(c2ccccn2)c2ccccc21. The Morgan fingerprint density at radius 1 is 0.920 bits per heavy atom. The first-order valence-electron chi connectivity index (χ1n) is 8.22. The second kappa shape index (κ2) is 6.69. The number of anilines is 3. The van der Waals surface area contributed by atoms with E-state index in [0.717, 1.165) is 29.5 Å². The molecule has 0 aliphatic carbocycles. The molecule has 4 nitrogen and oxygen atoms in total. The third-order valence-electron chi connectivity index (χ3n) is 4.27. The quantitative estimate of drug-likeness (QED) is 0.695. The van der Waals surface area contributed by atoms with Gasteiger partial charge in [0.15, 0.2) is 0 Å². The second-order valence-corrected chi connectivity index (χ2v) is 5.77. The lowest BCUT2D eigenvalue weighted by Gasteiger charge is -2.18. The summed E-state index contributed by atoms with van der Waals surface area (Å²) in [5.41, 5.74) is 3.38. The number of aromatic nitrogens is 1. The Morgan fingerprint density at radius 2 is 1.68 bits per heavy atom. The maximum absolute atomic E-state index is 5.43. The van der Waals surface area contributed by atoms with E-state index in [4.69, 9.17) is 4.74 Å². The molecule has 0 bridgehead atoms. The Kier molecular flexibility index (Phi) is 4.09. The summed E-state index contributed by atoms with van der Waals surface area (Å²) in [6.07, 6.45) is 6.00. The van der Waals surface area contributed by atoms with E-state index in [-0.39, 0.29) is 0 Å². The van der Waals surface area contributed by atoms with Crippen LogP contribution in [0.25, 0.3) is 6.08 Å². The molecule has 3 aromatic rings. The average molecular weight is 329 g/mol. The number of benzene rings is 2. The molecule has 0 N–H and O–H groups in total. The minimum absolute atomic E-state index is 0.724. The summed E-state index contributed by atoms with van der Waals surface area (Å²) in [6, 6.07) is 22.4. The Labute approximate surface area is 147 Å². The molecule has 1 aliphatic heterocycles. The summed E-state index contributed by atoms with van der Waals surface area (Å²) in [5, 5.41) is 0. The fourth-order valence-electron chi connectivity index (χ4n) is 3.05. The Balaban J connectivity index is 1.66. The predicted molar refractivity (Wildman–Crippen MR) is 102 cm³/mol. The monoisotopic (exact) mass is 329 g/mol. The lowest BCUT2D eigenvalue weighted by atomic mass is 10.2. The first-order chi connectivity index (χ1) is 12.4. The number of hydrogen-bond donors (Lipinski definition) is 0. The van der Waals surface area contributed by atoms with Crippen molar-refractivity contribution in [3.8, 4) is 5.75 Å². The van der Waals surface area contributed by atoms with Gasteiger partial charge in [-0.15, -0.1) is 0 Å². The number of pyridine rings is 1. The fourth-order valence-corrected chi connectivity index (χ4v) is 3.05. The van der Waals surface area contributed by atoms with Crippen molar-refractivity contribution < 1.29 is 4.74 Å². The smallest absolute Gasteiger partial charge is 0.134 e. The Bertz CT molecular complexity index is 892. The maximum atomic E-state index is 5.43. The topological polar surface area (TPSA) is 28.6 Å². The molecule has 25 heavy (non-hydrogen) atoms. The molecule has 1 aliphatic rings. The van der Waals surface area contributed by atoms with Gasteiger partial charge in [-0.2, -0.15) is 0 Å². The normalized spacial score (nSPS) is 13.3. The zero-order valence-electron chi connectivity index (χ0n) is 14.0. The molecule has 0 amide bonds. The van der Waals surface area contributed by atoms with Crippen LogP contribution in [0.4, 0.5) is 17.2 Å². The van der Waals surface area contributed by atoms with Gasteiger partial charge in [-0.3, -0.25) is 0 Å². The van der Waals surface area contributed by atoms with Crippen molar-refractivity contribution in [3.63, 3.8) is 0 Å². The number of methoxy groups -OCH3 is 1. The lowest BCUT2D eigenvalue weighted by molar-refractivity contribution is 0.414. The lowest BCUT2D eigenvalue weighted by Crippen LogP contribution is -2.23. The Morgan fingerprint density at radius 3 is 2.48 bits per heavy atom. The zero-order chi connectivity index (χ0) is 17.1. The van der Waals surface area contributed by atoms with E-state index in [1.165, 1.54) is 5.69 Å². The summed E-state index contributed by atoms with van der Waals surface area (Å²) in [7, 11) is 1.70. The molecule has 1 aromatic heterocycles. The summed E-state index contributed by atoms with van der Waals surface area (Å²) in [5.74, 6) is 1.82. The largest absolute Gasteiger partial charge is 0.496 e. The molecule has 124 valence electrons.